The standard InChI is InChI=1S/C25H33N5O3S/c1-34(32,33)19-10-13-30(14-11-19)23-4-2-3-22-24(23)20(16-27-22)21-9-12-26-25(29-21)28-15-17-5-7-18(31)8-6-17/h2-4,9,12,16-19,27,31H,5-8,10-11,13-15H2,1H3,(H,26,28,29). The molecule has 0 unspecified atom stereocenters. The van der Waals surface area contributed by atoms with Crippen LogP contribution in [0.25, 0.3) is 22.2 Å². The highest BCUT2D eigenvalue weighted by molar-refractivity contribution is 7.91. The Hall–Kier alpha value is -2.65. The van der Waals surface area contributed by atoms with Gasteiger partial charge < -0.3 is 20.3 Å². The molecule has 1 saturated carbocycles. The molecule has 5 rings (SSSR count). The van der Waals surface area contributed by atoms with Crippen molar-refractivity contribution in [2.24, 2.45) is 5.92 Å². The van der Waals surface area contributed by atoms with Crippen molar-refractivity contribution in [3.8, 4) is 11.3 Å². The maximum Gasteiger partial charge on any atom is 0.223 e. The smallest absolute Gasteiger partial charge is 0.223 e. The Morgan fingerprint density at radius 2 is 1.88 bits per heavy atom. The molecule has 1 aliphatic heterocycles. The van der Waals surface area contributed by atoms with Crippen molar-refractivity contribution in [2.45, 2.75) is 49.9 Å². The summed E-state index contributed by atoms with van der Waals surface area (Å²) in [5.74, 6) is 1.15. The number of rotatable bonds is 6. The fraction of sp³-hybridized carbons (Fsp3) is 0.520. The largest absolute Gasteiger partial charge is 0.393 e. The molecule has 34 heavy (non-hydrogen) atoms. The highest BCUT2D eigenvalue weighted by atomic mass is 32.2. The van der Waals surface area contributed by atoms with E-state index in [0.29, 0.717) is 37.8 Å². The average Bonchev–Trinajstić information content (AvgIpc) is 3.28. The Labute approximate surface area is 200 Å². The molecule has 1 saturated heterocycles. The van der Waals surface area contributed by atoms with Crippen molar-refractivity contribution in [1.82, 2.24) is 15.0 Å². The topological polar surface area (TPSA) is 111 Å². The van der Waals surface area contributed by atoms with Crippen LogP contribution in [0.1, 0.15) is 38.5 Å². The van der Waals surface area contributed by atoms with Crippen molar-refractivity contribution in [1.29, 1.82) is 0 Å². The summed E-state index contributed by atoms with van der Waals surface area (Å²) in [5, 5.41) is 14.0. The van der Waals surface area contributed by atoms with Crippen molar-refractivity contribution in [2.75, 3.05) is 36.1 Å². The number of anilines is 2. The molecule has 9 heteroatoms. The van der Waals surface area contributed by atoms with Gasteiger partial charge in [-0.2, -0.15) is 0 Å². The van der Waals surface area contributed by atoms with Crippen LogP contribution in [0.15, 0.2) is 36.7 Å². The second-order valence-corrected chi connectivity index (χ2v) is 12.1. The first-order valence-electron chi connectivity index (χ1n) is 12.2. The number of fused-ring (bicyclic) bond motifs is 1. The summed E-state index contributed by atoms with van der Waals surface area (Å²) in [4.78, 5) is 14.9. The number of aromatic amines is 1. The Morgan fingerprint density at radius 3 is 2.62 bits per heavy atom. The van der Waals surface area contributed by atoms with E-state index < -0.39 is 9.84 Å². The van der Waals surface area contributed by atoms with Crippen LogP contribution in [-0.2, 0) is 9.84 Å². The van der Waals surface area contributed by atoms with E-state index in [-0.39, 0.29) is 11.4 Å². The number of aliphatic hydroxyl groups excluding tert-OH is 1. The third-order valence-corrected chi connectivity index (χ3v) is 9.05. The SMILES string of the molecule is CS(=O)(=O)C1CCN(c2cccc3[nH]cc(-c4ccnc(NCC5CCC(O)CC5)n4)c23)CC1. The Balaban J connectivity index is 1.37. The van der Waals surface area contributed by atoms with Gasteiger partial charge in [0.05, 0.1) is 17.0 Å². The lowest BCUT2D eigenvalue weighted by atomic mass is 9.87. The van der Waals surface area contributed by atoms with Crippen molar-refractivity contribution in [3.05, 3.63) is 36.7 Å². The molecule has 2 aromatic heterocycles. The minimum absolute atomic E-state index is 0.149. The van der Waals surface area contributed by atoms with Gasteiger partial charge in [-0.25, -0.2) is 18.4 Å². The van der Waals surface area contributed by atoms with Crippen LogP contribution in [0.4, 0.5) is 11.6 Å². The van der Waals surface area contributed by atoms with Crippen LogP contribution < -0.4 is 10.2 Å². The first-order valence-corrected chi connectivity index (χ1v) is 14.1. The van der Waals surface area contributed by atoms with Gasteiger partial charge in [-0.15, -0.1) is 0 Å². The first-order chi connectivity index (χ1) is 16.4. The van der Waals surface area contributed by atoms with Crippen molar-refractivity contribution >= 4 is 32.4 Å². The van der Waals surface area contributed by atoms with Gasteiger partial charge in [0.2, 0.25) is 5.95 Å². The molecule has 0 amide bonds. The lowest BCUT2D eigenvalue weighted by molar-refractivity contribution is 0.111. The van der Waals surface area contributed by atoms with Crippen LogP contribution in [0.5, 0.6) is 0 Å². The monoisotopic (exact) mass is 483 g/mol. The molecule has 2 aliphatic rings. The molecule has 2 fully saturated rings. The van der Waals surface area contributed by atoms with Gasteiger partial charge in [-0.1, -0.05) is 6.07 Å². The molecule has 182 valence electrons. The number of aliphatic hydroxyl groups is 1. The van der Waals surface area contributed by atoms with E-state index in [1.54, 1.807) is 6.20 Å². The molecular weight excluding hydrogens is 450 g/mol. The quantitative estimate of drug-likeness (QED) is 0.491. The van der Waals surface area contributed by atoms with Crippen molar-refractivity contribution < 1.29 is 13.5 Å². The lowest BCUT2D eigenvalue weighted by Gasteiger charge is -2.33. The number of hydrogen-bond acceptors (Lipinski definition) is 7. The fourth-order valence-corrected chi connectivity index (χ4v) is 6.40. The van der Waals surface area contributed by atoms with Crippen molar-refractivity contribution in [3.63, 3.8) is 0 Å². The number of piperidine rings is 1. The summed E-state index contributed by atoms with van der Waals surface area (Å²) in [6.07, 6.45) is 10.1. The lowest BCUT2D eigenvalue weighted by Crippen LogP contribution is -2.39. The van der Waals surface area contributed by atoms with Gasteiger partial charge in [0, 0.05) is 60.4 Å². The Bertz CT molecular complexity index is 1240. The zero-order valence-electron chi connectivity index (χ0n) is 19.6. The average molecular weight is 484 g/mol. The molecule has 0 spiro atoms. The molecule has 1 aromatic carbocycles. The van der Waals surface area contributed by atoms with E-state index in [9.17, 15) is 13.5 Å². The highest BCUT2D eigenvalue weighted by Crippen LogP contribution is 2.37. The summed E-state index contributed by atoms with van der Waals surface area (Å²) >= 11 is 0. The number of nitrogens with one attached hydrogen (secondary N) is 2. The van der Waals surface area contributed by atoms with Crippen LogP contribution >= 0.6 is 0 Å². The fourth-order valence-electron chi connectivity index (χ4n) is 5.33. The number of hydrogen-bond donors (Lipinski definition) is 3. The molecule has 8 nitrogen and oxygen atoms in total. The summed E-state index contributed by atoms with van der Waals surface area (Å²) in [5.41, 5.74) is 4.00. The molecule has 3 heterocycles. The van der Waals surface area contributed by atoms with Gasteiger partial charge in [-0.3, -0.25) is 0 Å². The predicted molar refractivity (Wildman–Crippen MR) is 136 cm³/mol. The van der Waals surface area contributed by atoms with E-state index in [4.69, 9.17) is 4.98 Å². The second-order valence-electron chi connectivity index (χ2n) is 9.74. The molecular formula is C25H33N5O3S. The number of nitrogens with zero attached hydrogens (tertiary/aromatic N) is 3. The Morgan fingerprint density at radius 1 is 1.12 bits per heavy atom. The maximum absolute atomic E-state index is 12.0. The van der Waals surface area contributed by atoms with Crippen LogP contribution in [0.2, 0.25) is 0 Å². The zero-order valence-corrected chi connectivity index (χ0v) is 20.4. The zero-order chi connectivity index (χ0) is 23.7. The predicted octanol–water partition coefficient (Wildman–Crippen LogP) is 3.60. The van der Waals surface area contributed by atoms with Gasteiger partial charge in [-0.05, 0) is 62.6 Å². The summed E-state index contributed by atoms with van der Waals surface area (Å²) in [6, 6.07) is 8.13. The summed E-state index contributed by atoms with van der Waals surface area (Å²) in [6.45, 7) is 2.24. The molecule has 3 N–H and O–H groups in total. The van der Waals surface area contributed by atoms with E-state index >= 15 is 0 Å². The Kier molecular flexibility index (Phi) is 6.48. The summed E-state index contributed by atoms with van der Waals surface area (Å²) in [7, 11) is -3.00. The number of aromatic nitrogens is 3. The van der Waals surface area contributed by atoms with E-state index in [1.807, 2.05) is 18.3 Å². The van der Waals surface area contributed by atoms with Gasteiger partial charge in [0.15, 0.2) is 0 Å². The van der Waals surface area contributed by atoms with E-state index in [1.165, 1.54) is 6.26 Å². The first kappa shape index (κ1) is 23.1. The second kappa shape index (κ2) is 9.54. The molecule has 0 radical (unpaired) electrons. The molecule has 0 atom stereocenters. The highest BCUT2D eigenvalue weighted by Gasteiger charge is 2.28. The third-order valence-electron chi connectivity index (χ3n) is 7.37. The minimum Gasteiger partial charge on any atom is -0.393 e. The normalized spacial score (nSPS) is 22.2. The third kappa shape index (κ3) is 4.90. The molecule has 1 aliphatic carbocycles. The minimum atomic E-state index is -3.00. The number of H-pyrrole nitrogens is 1. The van der Waals surface area contributed by atoms with Crippen LogP contribution in [0.3, 0.4) is 0 Å². The molecule has 0 bridgehead atoms. The van der Waals surface area contributed by atoms with Gasteiger partial charge in [0.25, 0.3) is 0 Å². The van der Waals surface area contributed by atoms with Gasteiger partial charge >= 0.3 is 0 Å². The number of benzene rings is 1. The maximum atomic E-state index is 12.0. The van der Waals surface area contributed by atoms with Crippen LogP contribution in [-0.4, -0.2) is 65.7 Å². The summed E-state index contributed by atoms with van der Waals surface area (Å²) < 4.78 is 24.0. The van der Waals surface area contributed by atoms with E-state index in [0.717, 1.165) is 60.1 Å². The molecule has 3 aromatic rings. The van der Waals surface area contributed by atoms with Crippen LogP contribution in [0, 0.1) is 5.92 Å². The van der Waals surface area contributed by atoms with Gasteiger partial charge in [0.1, 0.15) is 9.84 Å². The number of sulfone groups is 1. The van der Waals surface area contributed by atoms with E-state index in [2.05, 4.69) is 32.3 Å².